The van der Waals surface area contributed by atoms with Crippen LogP contribution in [0.5, 0.6) is 0 Å². The molecule has 1 amide bonds. The van der Waals surface area contributed by atoms with Gasteiger partial charge in [0.15, 0.2) is 0 Å². The number of carbonyl (C=O) groups excluding carboxylic acids is 1. The van der Waals surface area contributed by atoms with E-state index in [0.29, 0.717) is 18.7 Å². The highest BCUT2D eigenvalue weighted by Crippen LogP contribution is 2.09. The minimum Gasteiger partial charge on any atom is -0.478 e. The lowest BCUT2D eigenvalue weighted by Gasteiger charge is -2.05. The normalized spacial score (nSPS) is 10.4. The van der Waals surface area contributed by atoms with Gasteiger partial charge in [-0.2, -0.15) is 10.2 Å². The third-order valence-electron chi connectivity index (χ3n) is 4.83. The van der Waals surface area contributed by atoms with E-state index in [-0.39, 0.29) is 5.56 Å². The van der Waals surface area contributed by atoms with Crippen molar-refractivity contribution in [3.63, 3.8) is 0 Å². The summed E-state index contributed by atoms with van der Waals surface area (Å²) < 4.78 is 3.52. The number of nitrogens with two attached hydrogens (primary N) is 2. The van der Waals surface area contributed by atoms with Gasteiger partial charge >= 0.3 is 5.97 Å². The molecule has 170 valence electrons. The lowest BCUT2D eigenvalue weighted by atomic mass is 10.1. The van der Waals surface area contributed by atoms with Gasteiger partial charge in [0.05, 0.1) is 31.0 Å². The molecule has 0 atom stereocenters. The molecule has 5 N–H and O–H groups in total. The maximum absolute atomic E-state index is 10.8. The van der Waals surface area contributed by atoms with E-state index in [2.05, 4.69) is 10.2 Å². The Morgan fingerprint density at radius 1 is 0.818 bits per heavy atom. The van der Waals surface area contributed by atoms with E-state index in [9.17, 15) is 9.59 Å². The highest BCUT2D eigenvalue weighted by molar-refractivity contribution is 5.92. The Morgan fingerprint density at radius 2 is 1.33 bits per heavy atom. The van der Waals surface area contributed by atoms with Crippen molar-refractivity contribution in [3.05, 3.63) is 107 Å². The number of primary amides is 1. The van der Waals surface area contributed by atoms with Crippen LogP contribution in [0.15, 0.2) is 73.3 Å². The van der Waals surface area contributed by atoms with E-state index in [1.54, 1.807) is 28.9 Å². The van der Waals surface area contributed by atoms with Gasteiger partial charge in [-0.15, -0.1) is 0 Å². The molecule has 0 radical (unpaired) electrons. The van der Waals surface area contributed by atoms with Gasteiger partial charge in [0, 0.05) is 24.5 Å². The molecule has 0 aliphatic rings. The minimum absolute atomic E-state index is 0.200. The van der Waals surface area contributed by atoms with Gasteiger partial charge in [0.2, 0.25) is 5.91 Å². The molecular weight excluding hydrogens is 420 g/mol. The zero-order valence-corrected chi connectivity index (χ0v) is 18.3. The summed E-state index contributed by atoms with van der Waals surface area (Å²) >= 11 is 0. The van der Waals surface area contributed by atoms with Gasteiger partial charge in [-0.05, 0) is 41.3 Å². The summed E-state index contributed by atoms with van der Waals surface area (Å²) in [5.74, 6) is -1.37. The molecule has 0 aliphatic carbocycles. The van der Waals surface area contributed by atoms with Crippen molar-refractivity contribution in [2.45, 2.75) is 26.6 Å². The third kappa shape index (κ3) is 6.88. The SMILES string of the molecule is Cc1cnn(Cc2ccc(Cn3cc(C(=O)O)cn3)cc2)c1.NCc1ccc(C(N)=O)cc1. The number of rotatable bonds is 7. The van der Waals surface area contributed by atoms with Crippen molar-refractivity contribution in [3.8, 4) is 0 Å². The van der Waals surface area contributed by atoms with Gasteiger partial charge in [0.1, 0.15) is 0 Å². The number of hydrogen-bond acceptors (Lipinski definition) is 5. The van der Waals surface area contributed by atoms with E-state index in [0.717, 1.165) is 23.2 Å². The number of amides is 1. The van der Waals surface area contributed by atoms with Crippen LogP contribution in [0.2, 0.25) is 0 Å². The molecule has 0 saturated heterocycles. The molecule has 2 heterocycles. The van der Waals surface area contributed by atoms with E-state index in [1.807, 2.05) is 48.3 Å². The molecule has 33 heavy (non-hydrogen) atoms. The number of carbonyl (C=O) groups is 2. The summed E-state index contributed by atoms with van der Waals surface area (Å²) in [6.07, 6.45) is 6.73. The molecule has 9 heteroatoms. The second-order valence-corrected chi connectivity index (χ2v) is 7.53. The first kappa shape index (κ1) is 23.4. The number of nitrogens with zero attached hydrogens (tertiary/aromatic N) is 4. The lowest BCUT2D eigenvalue weighted by molar-refractivity contribution is 0.0696. The van der Waals surface area contributed by atoms with E-state index in [4.69, 9.17) is 16.6 Å². The number of hydrogen-bond donors (Lipinski definition) is 3. The maximum Gasteiger partial charge on any atom is 0.338 e. The molecule has 0 bridgehead atoms. The number of benzene rings is 2. The Bertz CT molecular complexity index is 1210. The highest BCUT2D eigenvalue weighted by atomic mass is 16.4. The predicted molar refractivity (Wildman–Crippen MR) is 124 cm³/mol. The van der Waals surface area contributed by atoms with Crippen LogP contribution < -0.4 is 11.5 Å². The van der Waals surface area contributed by atoms with Gasteiger partial charge < -0.3 is 16.6 Å². The predicted octanol–water partition coefficient (Wildman–Crippen LogP) is 2.43. The van der Waals surface area contributed by atoms with Crippen molar-refractivity contribution >= 4 is 11.9 Å². The molecule has 2 aromatic heterocycles. The molecule has 4 rings (SSSR count). The quantitative estimate of drug-likeness (QED) is 0.398. The third-order valence-corrected chi connectivity index (χ3v) is 4.83. The van der Waals surface area contributed by atoms with Crippen LogP contribution in [0, 0.1) is 6.92 Å². The molecule has 0 unspecified atom stereocenters. The Balaban J connectivity index is 0.000000235. The summed E-state index contributed by atoms with van der Waals surface area (Å²) in [4.78, 5) is 21.4. The van der Waals surface area contributed by atoms with Crippen molar-refractivity contribution in [2.75, 3.05) is 0 Å². The van der Waals surface area contributed by atoms with Crippen molar-refractivity contribution in [1.82, 2.24) is 19.6 Å². The fourth-order valence-electron chi connectivity index (χ4n) is 3.04. The summed E-state index contributed by atoms with van der Waals surface area (Å²) in [6, 6.07) is 15.1. The van der Waals surface area contributed by atoms with Crippen LogP contribution in [0.4, 0.5) is 0 Å². The summed E-state index contributed by atoms with van der Waals surface area (Å²) in [5, 5.41) is 17.2. The molecule has 2 aromatic carbocycles. The average Bonchev–Trinajstić information content (AvgIpc) is 3.44. The van der Waals surface area contributed by atoms with Gasteiger partial charge in [-0.25, -0.2) is 4.79 Å². The number of aromatic carboxylic acids is 1. The molecule has 0 saturated carbocycles. The minimum atomic E-state index is -0.962. The first-order valence-electron chi connectivity index (χ1n) is 10.3. The number of aromatic nitrogens is 4. The van der Waals surface area contributed by atoms with E-state index in [1.165, 1.54) is 18.0 Å². The van der Waals surface area contributed by atoms with Gasteiger partial charge in [-0.1, -0.05) is 36.4 Å². The van der Waals surface area contributed by atoms with Crippen molar-refractivity contribution in [2.24, 2.45) is 11.5 Å². The number of carboxylic acid groups (broad SMARTS) is 1. The summed E-state index contributed by atoms with van der Waals surface area (Å²) in [6.45, 7) is 3.79. The lowest BCUT2D eigenvalue weighted by Crippen LogP contribution is -2.10. The Labute approximate surface area is 191 Å². The average molecular weight is 447 g/mol. The Morgan fingerprint density at radius 3 is 1.76 bits per heavy atom. The smallest absolute Gasteiger partial charge is 0.338 e. The van der Waals surface area contributed by atoms with Crippen LogP contribution in [0.3, 0.4) is 0 Å². The fraction of sp³-hybridized carbons (Fsp3) is 0.167. The molecule has 0 spiro atoms. The van der Waals surface area contributed by atoms with Crippen LogP contribution in [0.25, 0.3) is 0 Å². The van der Waals surface area contributed by atoms with Gasteiger partial charge in [-0.3, -0.25) is 14.2 Å². The van der Waals surface area contributed by atoms with Crippen LogP contribution in [-0.2, 0) is 19.6 Å². The Hall–Kier alpha value is -4.24. The second kappa shape index (κ2) is 10.9. The number of aryl methyl sites for hydroxylation is 1. The molecule has 9 nitrogen and oxygen atoms in total. The molecule has 0 aliphatic heterocycles. The molecule has 4 aromatic rings. The molecule has 0 fully saturated rings. The van der Waals surface area contributed by atoms with Crippen LogP contribution in [0.1, 0.15) is 43.0 Å². The highest BCUT2D eigenvalue weighted by Gasteiger charge is 2.06. The maximum atomic E-state index is 10.8. The van der Waals surface area contributed by atoms with E-state index < -0.39 is 11.9 Å². The zero-order chi connectivity index (χ0) is 23.8. The molecular formula is C24H26N6O3. The van der Waals surface area contributed by atoms with E-state index >= 15 is 0 Å². The van der Waals surface area contributed by atoms with Crippen LogP contribution >= 0.6 is 0 Å². The summed E-state index contributed by atoms with van der Waals surface area (Å²) in [5.41, 5.74) is 15.5. The number of carboxylic acids is 1. The topological polar surface area (TPSA) is 142 Å². The van der Waals surface area contributed by atoms with Crippen molar-refractivity contribution in [1.29, 1.82) is 0 Å². The van der Waals surface area contributed by atoms with Crippen molar-refractivity contribution < 1.29 is 14.7 Å². The largest absolute Gasteiger partial charge is 0.478 e. The monoisotopic (exact) mass is 446 g/mol. The Kier molecular flexibility index (Phi) is 7.72. The van der Waals surface area contributed by atoms with Gasteiger partial charge in [0.25, 0.3) is 0 Å². The standard InChI is InChI=1S/C16H16N4O2.C8H10N2O/c1-12-6-17-19(8-12)9-13-2-4-14(5-3-13)10-20-11-15(7-18-20)16(21)22;9-5-6-1-3-7(4-2-6)8(10)11/h2-8,11H,9-10H2,1H3,(H,21,22);1-4H,5,9H2,(H2,10,11). The zero-order valence-electron chi connectivity index (χ0n) is 18.3. The summed E-state index contributed by atoms with van der Waals surface area (Å²) in [7, 11) is 0. The first-order valence-corrected chi connectivity index (χ1v) is 10.3. The van der Waals surface area contributed by atoms with Crippen LogP contribution in [-0.4, -0.2) is 36.5 Å². The second-order valence-electron chi connectivity index (χ2n) is 7.53. The first-order chi connectivity index (χ1) is 15.8. The fourth-order valence-corrected chi connectivity index (χ4v) is 3.04.